The van der Waals surface area contributed by atoms with E-state index in [0.717, 1.165) is 31.8 Å². The number of amides is 1. The number of likely N-dealkylation sites (tertiary alicyclic amines) is 2. The van der Waals surface area contributed by atoms with E-state index in [2.05, 4.69) is 50.0 Å². The van der Waals surface area contributed by atoms with Gasteiger partial charge in [0.1, 0.15) is 0 Å². The van der Waals surface area contributed by atoms with Crippen molar-refractivity contribution in [3.8, 4) is 0 Å². The van der Waals surface area contributed by atoms with Gasteiger partial charge in [0.2, 0.25) is 5.91 Å². The van der Waals surface area contributed by atoms with E-state index in [4.69, 9.17) is 0 Å². The Bertz CT molecular complexity index is 392. The standard InChI is InChI=1S/C11H22N2O.C10H21N/c1-11(2,3)12-10(14)9-5-7-13(4)8-6-9;1-10(2,3)9-5-7-11(4)8-6-9/h9H,5-8H2,1-4H3,(H,12,14);9H,5-8H2,1-4H3. The molecule has 0 aromatic carbocycles. The van der Waals surface area contributed by atoms with Crippen molar-refractivity contribution in [2.24, 2.45) is 17.3 Å². The van der Waals surface area contributed by atoms with Crippen LogP contribution in [0.2, 0.25) is 0 Å². The minimum Gasteiger partial charge on any atom is -0.351 e. The molecule has 2 saturated heterocycles. The van der Waals surface area contributed by atoms with Gasteiger partial charge in [0, 0.05) is 11.5 Å². The van der Waals surface area contributed by atoms with Crippen LogP contribution >= 0.6 is 0 Å². The van der Waals surface area contributed by atoms with E-state index in [9.17, 15) is 4.79 Å². The predicted octanol–water partition coefficient (Wildman–Crippen LogP) is 3.62. The third-order valence-corrected chi connectivity index (χ3v) is 5.53. The number of nitrogens with zero attached hydrogens (tertiary/aromatic N) is 2. The summed E-state index contributed by atoms with van der Waals surface area (Å²) in [6, 6.07) is 0. The predicted molar refractivity (Wildman–Crippen MR) is 108 cm³/mol. The van der Waals surface area contributed by atoms with Crippen molar-refractivity contribution in [3.05, 3.63) is 0 Å². The molecule has 148 valence electrons. The van der Waals surface area contributed by atoms with Crippen LogP contribution in [-0.4, -0.2) is 61.5 Å². The summed E-state index contributed by atoms with van der Waals surface area (Å²) in [4.78, 5) is 16.5. The van der Waals surface area contributed by atoms with Crippen LogP contribution in [0, 0.1) is 17.3 Å². The van der Waals surface area contributed by atoms with Crippen LogP contribution in [0.3, 0.4) is 0 Å². The highest BCUT2D eigenvalue weighted by Gasteiger charge is 2.27. The van der Waals surface area contributed by atoms with Gasteiger partial charge in [-0.2, -0.15) is 0 Å². The molecule has 0 spiro atoms. The van der Waals surface area contributed by atoms with Crippen molar-refractivity contribution in [2.75, 3.05) is 40.3 Å². The number of carbonyl (C=O) groups is 1. The van der Waals surface area contributed by atoms with Crippen LogP contribution in [0.1, 0.15) is 67.2 Å². The van der Waals surface area contributed by atoms with Gasteiger partial charge < -0.3 is 15.1 Å². The normalized spacial score (nSPS) is 22.2. The van der Waals surface area contributed by atoms with Crippen LogP contribution in [0.25, 0.3) is 0 Å². The molecule has 0 radical (unpaired) electrons. The lowest BCUT2D eigenvalue weighted by atomic mass is 9.75. The first-order valence-corrected chi connectivity index (χ1v) is 10.1. The Morgan fingerprint density at radius 3 is 1.56 bits per heavy atom. The number of nitrogens with one attached hydrogen (secondary N) is 1. The Morgan fingerprint density at radius 1 is 0.800 bits per heavy atom. The first kappa shape index (κ1) is 22.4. The molecule has 0 unspecified atom stereocenters. The fourth-order valence-corrected chi connectivity index (χ4v) is 3.62. The molecule has 4 heteroatoms. The monoisotopic (exact) mass is 353 g/mol. The molecule has 0 aromatic rings. The largest absolute Gasteiger partial charge is 0.351 e. The zero-order chi connectivity index (χ0) is 19.3. The topological polar surface area (TPSA) is 35.6 Å². The van der Waals surface area contributed by atoms with Gasteiger partial charge >= 0.3 is 0 Å². The maximum absolute atomic E-state index is 11.8. The third kappa shape index (κ3) is 9.05. The Balaban J connectivity index is 0.000000257. The number of hydrogen-bond donors (Lipinski definition) is 1. The average molecular weight is 354 g/mol. The van der Waals surface area contributed by atoms with Crippen molar-refractivity contribution >= 4 is 5.91 Å². The molecule has 25 heavy (non-hydrogen) atoms. The zero-order valence-electron chi connectivity index (χ0n) is 18.1. The molecule has 4 nitrogen and oxygen atoms in total. The smallest absolute Gasteiger partial charge is 0.223 e. The maximum atomic E-state index is 11.8. The van der Waals surface area contributed by atoms with Gasteiger partial charge in [-0.05, 0) is 98.1 Å². The van der Waals surface area contributed by atoms with E-state index >= 15 is 0 Å². The summed E-state index contributed by atoms with van der Waals surface area (Å²) < 4.78 is 0. The first-order valence-electron chi connectivity index (χ1n) is 10.1. The highest BCUT2D eigenvalue weighted by molar-refractivity contribution is 5.79. The molecular weight excluding hydrogens is 310 g/mol. The number of piperidine rings is 2. The number of carbonyl (C=O) groups excluding carboxylic acids is 1. The van der Waals surface area contributed by atoms with Crippen molar-refractivity contribution in [2.45, 2.75) is 72.8 Å². The summed E-state index contributed by atoms with van der Waals surface area (Å²) in [7, 11) is 4.33. The Hall–Kier alpha value is -0.610. The van der Waals surface area contributed by atoms with Crippen LogP contribution < -0.4 is 5.32 Å². The van der Waals surface area contributed by atoms with E-state index in [-0.39, 0.29) is 17.4 Å². The minimum atomic E-state index is -0.0968. The molecule has 1 N–H and O–H groups in total. The summed E-state index contributed by atoms with van der Waals surface area (Å²) in [5.41, 5.74) is 0.432. The van der Waals surface area contributed by atoms with Gasteiger partial charge in [-0.1, -0.05) is 20.8 Å². The second kappa shape index (κ2) is 9.36. The molecule has 2 fully saturated rings. The van der Waals surface area contributed by atoms with Gasteiger partial charge in [0.15, 0.2) is 0 Å². The summed E-state index contributed by atoms with van der Waals surface area (Å²) >= 11 is 0. The van der Waals surface area contributed by atoms with E-state index in [1.54, 1.807) is 0 Å². The van der Waals surface area contributed by atoms with E-state index in [1.165, 1.54) is 25.9 Å². The molecule has 0 aliphatic carbocycles. The van der Waals surface area contributed by atoms with Crippen LogP contribution in [0.5, 0.6) is 0 Å². The molecule has 0 atom stereocenters. The van der Waals surface area contributed by atoms with Crippen molar-refractivity contribution < 1.29 is 4.79 Å². The Morgan fingerprint density at radius 2 is 1.20 bits per heavy atom. The third-order valence-electron chi connectivity index (χ3n) is 5.53. The molecule has 2 aliphatic heterocycles. The van der Waals surface area contributed by atoms with Crippen molar-refractivity contribution in [3.63, 3.8) is 0 Å². The van der Waals surface area contributed by atoms with Crippen LogP contribution in [-0.2, 0) is 4.79 Å². The van der Waals surface area contributed by atoms with Crippen LogP contribution in [0.15, 0.2) is 0 Å². The molecule has 2 heterocycles. The summed E-state index contributed by atoms with van der Waals surface area (Å²) in [5, 5.41) is 3.05. The highest BCUT2D eigenvalue weighted by atomic mass is 16.2. The molecule has 0 bridgehead atoms. The molecule has 0 aromatic heterocycles. The second-order valence-corrected chi connectivity index (χ2v) is 10.3. The van der Waals surface area contributed by atoms with Crippen molar-refractivity contribution in [1.82, 2.24) is 15.1 Å². The number of rotatable bonds is 1. The lowest BCUT2D eigenvalue weighted by Crippen LogP contribution is -2.46. The lowest BCUT2D eigenvalue weighted by Gasteiger charge is -2.37. The Kier molecular flexibility index (Phi) is 8.40. The van der Waals surface area contributed by atoms with Crippen molar-refractivity contribution in [1.29, 1.82) is 0 Å². The molecule has 2 rings (SSSR count). The maximum Gasteiger partial charge on any atom is 0.223 e. The quantitative estimate of drug-likeness (QED) is 0.782. The molecule has 2 aliphatic rings. The van der Waals surface area contributed by atoms with Crippen LogP contribution in [0.4, 0.5) is 0 Å². The zero-order valence-corrected chi connectivity index (χ0v) is 18.1. The second-order valence-electron chi connectivity index (χ2n) is 10.3. The average Bonchev–Trinajstić information content (AvgIpc) is 2.46. The summed E-state index contributed by atoms with van der Waals surface area (Å²) in [5.74, 6) is 1.40. The minimum absolute atomic E-state index is 0.0968. The SMILES string of the molecule is CN1CCC(C(=O)NC(C)(C)C)CC1.CN1CCC(C(C)(C)C)CC1. The summed E-state index contributed by atoms with van der Waals surface area (Å²) in [6.07, 6.45) is 4.77. The fourth-order valence-electron chi connectivity index (χ4n) is 3.62. The fraction of sp³-hybridized carbons (Fsp3) is 0.952. The lowest BCUT2D eigenvalue weighted by molar-refractivity contribution is -0.127. The van der Waals surface area contributed by atoms with Gasteiger partial charge in [-0.3, -0.25) is 4.79 Å². The molecule has 0 saturated carbocycles. The van der Waals surface area contributed by atoms with E-state index in [1.807, 2.05) is 20.8 Å². The highest BCUT2D eigenvalue weighted by Crippen LogP contribution is 2.33. The van der Waals surface area contributed by atoms with E-state index in [0.29, 0.717) is 5.41 Å². The van der Waals surface area contributed by atoms with E-state index < -0.39 is 0 Å². The Labute approximate surface area is 156 Å². The van der Waals surface area contributed by atoms with Gasteiger partial charge in [0.05, 0.1) is 0 Å². The van der Waals surface area contributed by atoms with Gasteiger partial charge in [-0.25, -0.2) is 0 Å². The molecular formula is C21H43N3O. The molecule has 1 amide bonds. The van der Waals surface area contributed by atoms with Gasteiger partial charge in [0.25, 0.3) is 0 Å². The van der Waals surface area contributed by atoms with Gasteiger partial charge in [-0.15, -0.1) is 0 Å². The first-order chi connectivity index (χ1) is 11.4. The number of hydrogen-bond acceptors (Lipinski definition) is 3. The summed E-state index contributed by atoms with van der Waals surface area (Å²) in [6.45, 7) is 17.9.